The lowest BCUT2D eigenvalue weighted by molar-refractivity contribution is -0.384. The van der Waals surface area contributed by atoms with Gasteiger partial charge in [-0.1, -0.05) is 0 Å². The number of carbonyl (C=O) groups excluding carboxylic acids is 1. The molecule has 0 saturated carbocycles. The molecule has 1 aromatic carbocycles. The Morgan fingerprint density at radius 1 is 1.53 bits per heavy atom. The summed E-state index contributed by atoms with van der Waals surface area (Å²) in [5, 5.41) is 11.0. The van der Waals surface area contributed by atoms with Crippen LogP contribution in [0.1, 0.15) is 10.4 Å². The first-order valence-corrected chi connectivity index (χ1v) is 6.97. The average Bonchev–Trinajstić information content (AvgIpc) is 2.42. The predicted octanol–water partition coefficient (Wildman–Crippen LogP) is 2.18. The number of nitro groups is 1. The quantitative estimate of drug-likeness (QED) is 0.453. The highest BCUT2D eigenvalue weighted by Crippen LogP contribution is 2.28. The molecule has 0 bridgehead atoms. The molecule has 7 heteroatoms. The summed E-state index contributed by atoms with van der Waals surface area (Å²) in [5.41, 5.74) is 0.706. The fourth-order valence-corrected chi connectivity index (χ4v) is 2.03. The molecule has 1 rings (SSSR count). The third kappa shape index (κ3) is 3.85. The van der Waals surface area contributed by atoms with Gasteiger partial charge >= 0.3 is 5.97 Å². The Balaban J connectivity index is 3.15. The zero-order chi connectivity index (χ0) is 14.4. The lowest BCUT2D eigenvalue weighted by atomic mass is 10.1. The van der Waals surface area contributed by atoms with Crippen LogP contribution in [0.3, 0.4) is 0 Å². The minimum Gasteiger partial charge on any atom is -0.465 e. The van der Waals surface area contributed by atoms with Crippen LogP contribution in [0.25, 0.3) is 0 Å². The number of anilines is 1. The smallest absolute Gasteiger partial charge is 0.337 e. The van der Waals surface area contributed by atoms with Gasteiger partial charge in [0.2, 0.25) is 0 Å². The summed E-state index contributed by atoms with van der Waals surface area (Å²) in [6.45, 7) is 0.659. The molecule has 0 saturated heterocycles. The summed E-state index contributed by atoms with van der Waals surface area (Å²) in [5.74, 6) is 0.338. The highest BCUT2D eigenvalue weighted by molar-refractivity contribution is 7.98. The van der Waals surface area contributed by atoms with Crippen molar-refractivity contribution in [3.8, 4) is 0 Å². The topological polar surface area (TPSA) is 72.7 Å². The largest absolute Gasteiger partial charge is 0.465 e. The number of nitro benzene ring substituents is 1. The molecule has 0 amide bonds. The standard InChI is InChI=1S/C12H16N2O4S/c1-13(6-7-19-3)11-8-9(12(15)18-2)4-5-10(11)14(16)17/h4-5,8H,6-7H2,1-3H3. The second-order valence-corrected chi connectivity index (χ2v) is 4.85. The van der Waals surface area contributed by atoms with Crippen LogP contribution in [-0.4, -0.2) is 43.6 Å². The van der Waals surface area contributed by atoms with Crippen molar-refractivity contribution in [1.82, 2.24) is 0 Å². The number of hydrogen-bond donors (Lipinski definition) is 0. The molecule has 6 nitrogen and oxygen atoms in total. The fraction of sp³-hybridized carbons (Fsp3) is 0.417. The van der Waals surface area contributed by atoms with Crippen molar-refractivity contribution in [3.05, 3.63) is 33.9 Å². The van der Waals surface area contributed by atoms with E-state index in [1.807, 2.05) is 6.26 Å². The number of thioether (sulfide) groups is 1. The van der Waals surface area contributed by atoms with Crippen LogP contribution < -0.4 is 4.90 Å². The number of benzene rings is 1. The van der Waals surface area contributed by atoms with Crippen LogP contribution >= 0.6 is 11.8 Å². The zero-order valence-corrected chi connectivity index (χ0v) is 11.9. The Morgan fingerprint density at radius 3 is 2.74 bits per heavy atom. The molecule has 0 aliphatic heterocycles. The number of nitrogens with zero attached hydrogens (tertiary/aromatic N) is 2. The zero-order valence-electron chi connectivity index (χ0n) is 11.1. The van der Waals surface area contributed by atoms with Crippen molar-refractivity contribution >= 4 is 29.1 Å². The molecular weight excluding hydrogens is 268 g/mol. The molecule has 0 spiro atoms. The molecule has 0 aliphatic carbocycles. The summed E-state index contributed by atoms with van der Waals surface area (Å²) < 4.78 is 4.62. The minimum atomic E-state index is -0.505. The van der Waals surface area contributed by atoms with Crippen LogP contribution in [0.5, 0.6) is 0 Å². The molecule has 0 heterocycles. The Bertz CT molecular complexity index is 479. The van der Waals surface area contributed by atoms with E-state index in [-0.39, 0.29) is 5.69 Å². The first-order valence-electron chi connectivity index (χ1n) is 5.58. The second kappa shape index (κ2) is 6.98. The van der Waals surface area contributed by atoms with Gasteiger partial charge in [-0.2, -0.15) is 11.8 Å². The van der Waals surface area contributed by atoms with E-state index in [4.69, 9.17) is 0 Å². The van der Waals surface area contributed by atoms with Crippen molar-refractivity contribution in [3.63, 3.8) is 0 Å². The van der Waals surface area contributed by atoms with Gasteiger partial charge in [0.05, 0.1) is 17.6 Å². The summed E-state index contributed by atoms with van der Waals surface area (Å²) in [6.07, 6.45) is 1.97. The third-order valence-corrected chi connectivity index (χ3v) is 3.23. The Labute approximate surface area is 115 Å². The molecule has 19 heavy (non-hydrogen) atoms. The van der Waals surface area contributed by atoms with Crippen LogP contribution in [0, 0.1) is 10.1 Å². The van der Waals surface area contributed by atoms with Crippen molar-refractivity contribution in [2.24, 2.45) is 0 Å². The normalized spacial score (nSPS) is 10.1. The maximum atomic E-state index is 11.5. The van der Waals surface area contributed by atoms with E-state index in [2.05, 4.69) is 4.74 Å². The van der Waals surface area contributed by atoms with Gasteiger partial charge in [-0.05, 0) is 18.4 Å². The van der Waals surface area contributed by atoms with E-state index in [1.165, 1.54) is 25.3 Å². The Kier molecular flexibility index (Phi) is 5.62. The van der Waals surface area contributed by atoms with Gasteiger partial charge in [-0.25, -0.2) is 4.79 Å². The van der Waals surface area contributed by atoms with Crippen LogP contribution in [0.2, 0.25) is 0 Å². The second-order valence-electron chi connectivity index (χ2n) is 3.87. The van der Waals surface area contributed by atoms with E-state index < -0.39 is 10.9 Å². The molecule has 0 aliphatic rings. The number of esters is 1. The predicted molar refractivity (Wildman–Crippen MR) is 76.1 cm³/mol. The first kappa shape index (κ1) is 15.3. The van der Waals surface area contributed by atoms with E-state index in [1.54, 1.807) is 23.7 Å². The highest BCUT2D eigenvalue weighted by atomic mass is 32.2. The van der Waals surface area contributed by atoms with Gasteiger partial charge in [0.15, 0.2) is 0 Å². The lowest BCUT2D eigenvalue weighted by Crippen LogP contribution is -2.21. The molecule has 0 N–H and O–H groups in total. The number of ether oxygens (including phenoxy) is 1. The van der Waals surface area contributed by atoms with E-state index in [9.17, 15) is 14.9 Å². The summed E-state index contributed by atoms with van der Waals surface area (Å²) >= 11 is 1.65. The van der Waals surface area contributed by atoms with Gasteiger partial charge in [0, 0.05) is 25.4 Å². The number of carbonyl (C=O) groups is 1. The summed E-state index contributed by atoms with van der Waals surface area (Å²) in [4.78, 5) is 23.8. The van der Waals surface area contributed by atoms with Crippen LogP contribution in [0.4, 0.5) is 11.4 Å². The minimum absolute atomic E-state index is 0.0174. The molecule has 1 aromatic rings. The molecule has 104 valence electrons. The van der Waals surface area contributed by atoms with Crippen molar-refractivity contribution in [2.75, 3.05) is 37.6 Å². The first-order chi connectivity index (χ1) is 9.01. The molecule has 0 aromatic heterocycles. The Hall–Kier alpha value is -1.76. The molecule has 0 fully saturated rings. The van der Waals surface area contributed by atoms with Crippen LogP contribution in [0.15, 0.2) is 18.2 Å². The van der Waals surface area contributed by atoms with E-state index in [0.717, 1.165) is 5.75 Å². The van der Waals surface area contributed by atoms with Crippen LogP contribution in [-0.2, 0) is 4.74 Å². The SMILES string of the molecule is COC(=O)c1ccc([N+](=O)[O-])c(N(C)CCSC)c1. The van der Waals surface area contributed by atoms with Crippen molar-refractivity contribution in [1.29, 1.82) is 0 Å². The number of methoxy groups -OCH3 is 1. The third-order valence-electron chi connectivity index (χ3n) is 2.64. The molecule has 0 radical (unpaired) electrons. The average molecular weight is 284 g/mol. The van der Waals surface area contributed by atoms with E-state index in [0.29, 0.717) is 17.8 Å². The maximum Gasteiger partial charge on any atom is 0.337 e. The fourth-order valence-electron chi connectivity index (χ4n) is 1.58. The van der Waals surface area contributed by atoms with Gasteiger partial charge in [0.25, 0.3) is 5.69 Å². The Morgan fingerprint density at radius 2 is 2.21 bits per heavy atom. The van der Waals surface area contributed by atoms with E-state index >= 15 is 0 Å². The molecule has 0 atom stereocenters. The lowest BCUT2D eigenvalue weighted by Gasteiger charge is -2.19. The number of rotatable bonds is 6. The summed E-state index contributed by atoms with van der Waals surface area (Å²) in [6, 6.07) is 4.22. The van der Waals surface area contributed by atoms with Gasteiger partial charge in [0.1, 0.15) is 5.69 Å². The monoisotopic (exact) mass is 284 g/mol. The van der Waals surface area contributed by atoms with Crippen molar-refractivity contribution < 1.29 is 14.5 Å². The summed E-state index contributed by atoms with van der Waals surface area (Å²) in [7, 11) is 3.04. The molecule has 0 unspecified atom stereocenters. The van der Waals surface area contributed by atoms with Gasteiger partial charge in [-0.15, -0.1) is 0 Å². The number of hydrogen-bond acceptors (Lipinski definition) is 6. The maximum absolute atomic E-state index is 11.5. The van der Waals surface area contributed by atoms with Crippen molar-refractivity contribution in [2.45, 2.75) is 0 Å². The van der Waals surface area contributed by atoms with Gasteiger partial charge < -0.3 is 9.64 Å². The van der Waals surface area contributed by atoms with Gasteiger partial charge in [-0.3, -0.25) is 10.1 Å². The highest BCUT2D eigenvalue weighted by Gasteiger charge is 2.19. The molecular formula is C12H16N2O4S.